The first-order chi connectivity index (χ1) is 8.11. The molecular weight excluding hydrogens is 208 g/mol. The molecule has 0 bridgehead atoms. The molecule has 1 aromatic carbocycles. The molecule has 17 heavy (non-hydrogen) atoms. The first-order valence-electron chi connectivity index (χ1n) is 6.65. The molecule has 1 saturated heterocycles. The number of hydrogen-bond donors (Lipinski definition) is 1. The average Bonchev–Trinajstić information content (AvgIpc) is 2.27. The van der Waals surface area contributed by atoms with E-state index in [1.165, 1.54) is 30.8 Å². The summed E-state index contributed by atoms with van der Waals surface area (Å²) in [7, 11) is 0. The second-order valence-electron chi connectivity index (χ2n) is 5.86. The van der Waals surface area contributed by atoms with Crippen molar-refractivity contribution in [1.29, 1.82) is 0 Å². The lowest BCUT2D eigenvalue weighted by atomic mass is 9.84. The van der Waals surface area contributed by atoms with E-state index in [9.17, 15) is 0 Å². The van der Waals surface area contributed by atoms with E-state index in [1.807, 2.05) is 0 Å². The molecule has 2 nitrogen and oxygen atoms in total. The van der Waals surface area contributed by atoms with Crippen LogP contribution in [0.4, 0.5) is 5.69 Å². The Balaban J connectivity index is 1.86. The van der Waals surface area contributed by atoms with Gasteiger partial charge in [-0.2, -0.15) is 0 Å². The van der Waals surface area contributed by atoms with Crippen molar-refractivity contribution in [3.63, 3.8) is 0 Å². The molecule has 0 aliphatic carbocycles. The topological polar surface area (TPSA) is 15.3 Å². The quantitative estimate of drug-likeness (QED) is 0.785. The van der Waals surface area contributed by atoms with Gasteiger partial charge in [-0.25, -0.2) is 0 Å². The van der Waals surface area contributed by atoms with Gasteiger partial charge in [0.15, 0.2) is 0 Å². The highest BCUT2D eigenvalue weighted by Gasteiger charge is 2.33. The van der Waals surface area contributed by atoms with Crippen LogP contribution in [0.3, 0.4) is 0 Å². The molecule has 1 fully saturated rings. The predicted molar refractivity (Wildman–Crippen MR) is 74.4 cm³/mol. The van der Waals surface area contributed by atoms with E-state index < -0.39 is 0 Å². The molecule has 1 N–H and O–H groups in total. The Labute approximate surface area is 105 Å². The molecule has 1 aliphatic heterocycles. The van der Waals surface area contributed by atoms with Crippen LogP contribution >= 0.6 is 0 Å². The molecule has 0 aromatic heterocycles. The van der Waals surface area contributed by atoms with Gasteiger partial charge < -0.3 is 10.2 Å². The van der Waals surface area contributed by atoms with E-state index in [-0.39, 0.29) is 0 Å². The second kappa shape index (κ2) is 5.09. The zero-order valence-corrected chi connectivity index (χ0v) is 11.3. The van der Waals surface area contributed by atoms with E-state index in [1.54, 1.807) is 0 Å². The van der Waals surface area contributed by atoms with Crippen LogP contribution in [0.1, 0.15) is 32.8 Å². The van der Waals surface area contributed by atoms with Crippen LogP contribution in [0.15, 0.2) is 24.3 Å². The van der Waals surface area contributed by atoms with Crippen LogP contribution in [-0.4, -0.2) is 19.6 Å². The average molecular weight is 232 g/mol. The summed E-state index contributed by atoms with van der Waals surface area (Å²) in [4.78, 5) is 2.45. The molecule has 1 heterocycles. The van der Waals surface area contributed by atoms with Gasteiger partial charge >= 0.3 is 0 Å². The van der Waals surface area contributed by atoms with Crippen LogP contribution in [0.2, 0.25) is 0 Å². The molecule has 94 valence electrons. The van der Waals surface area contributed by atoms with E-state index in [2.05, 4.69) is 55.3 Å². The second-order valence-corrected chi connectivity index (χ2v) is 5.86. The van der Waals surface area contributed by atoms with Gasteiger partial charge in [0, 0.05) is 25.3 Å². The summed E-state index contributed by atoms with van der Waals surface area (Å²) >= 11 is 0. The summed E-state index contributed by atoms with van der Waals surface area (Å²) in [6, 6.07) is 8.98. The summed E-state index contributed by atoms with van der Waals surface area (Å²) in [5.41, 5.74) is 3.24. The fourth-order valence-electron chi connectivity index (χ4n) is 2.40. The van der Waals surface area contributed by atoms with E-state index >= 15 is 0 Å². The number of rotatable bonds is 5. The molecule has 1 aromatic rings. The van der Waals surface area contributed by atoms with Gasteiger partial charge in [0.2, 0.25) is 0 Å². The van der Waals surface area contributed by atoms with Crippen LogP contribution < -0.4 is 10.2 Å². The zero-order valence-electron chi connectivity index (χ0n) is 11.3. The van der Waals surface area contributed by atoms with Gasteiger partial charge in [-0.1, -0.05) is 32.9 Å². The lowest BCUT2D eigenvalue weighted by molar-refractivity contribution is 0.276. The Kier molecular flexibility index (Phi) is 3.72. The summed E-state index contributed by atoms with van der Waals surface area (Å²) in [5.74, 6) is 0. The SMILES string of the molecule is CCCNCc1ccc(N2CC(C)(C)C2)cc1. The minimum Gasteiger partial charge on any atom is -0.370 e. The molecule has 0 atom stereocenters. The summed E-state index contributed by atoms with van der Waals surface area (Å²) in [6.45, 7) is 11.3. The fourth-order valence-corrected chi connectivity index (χ4v) is 2.40. The highest BCUT2D eigenvalue weighted by molar-refractivity contribution is 5.50. The van der Waals surface area contributed by atoms with Crippen molar-refractivity contribution in [3.8, 4) is 0 Å². The number of nitrogens with zero attached hydrogens (tertiary/aromatic N) is 1. The Hall–Kier alpha value is -1.02. The standard InChI is InChI=1S/C15H24N2/c1-4-9-16-10-13-5-7-14(8-6-13)17-11-15(2,3)12-17/h5-8,16H,4,9-12H2,1-3H3. The Morgan fingerprint density at radius 3 is 2.35 bits per heavy atom. The van der Waals surface area contributed by atoms with Gasteiger partial charge in [0.05, 0.1) is 0 Å². The van der Waals surface area contributed by atoms with Gasteiger partial charge in [-0.15, -0.1) is 0 Å². The van der Waals surface area contributed by atoms with Crippen LogP contribution in [0.5, 0.6) is 0 Å². The molecule has 2 heteroatoms. The van der Waals surface area contributed by atoms with Crippen LogP contribution in [0.25, 0.3) is 0 Å². The van der Waals surface area contributed by atoms with Gasteiger partial charge in [-0.3, -0.25) is 0 Å². The molecule has 0 amide bonds. The minimum atomic E-state index is 0.501. The summed E-state index contributed by atoms with van der Waals surface area (Å²) < 4.78 is 0. The molecule has 0 saturated carbocycles. The third-order valence-electron chi connectivity index (χ3n) is 3.30. The fraction of sp³-hybridized carbons (Fsp3) is 0.600. The molecule has 0 unspecified atom stereocenters. The third-order valence-corrected chi connectivity index (χ3v) is 3.30. The van der Waals surface area contributed by atoms with E-state index in [0.29, 0.717) is 5.41 Å². The summed E-state index contributed by atoms with van der Waals surface area (Å²) in [6.07, 6.45) is 1.20. The first kappa shape index (κ1) is 12.4. The van der Waals surface area contributed by atoms with Crippen molar-refractivity contribution in [2.24, 2.45) is 5.41 Å². The minimum absolute atomic E-state index is 0.501. The summed E-state index contributed by atoms with van der Waals surface area (Å²) in [5, 5.41) is 3.43. The van der Waals surface area contributed by atoms with Crippen molar-refractivity contribution < 1.29 is 0 Å². The van der Waals surface area contributed by atoms with E-state index in [4.69, 9.17) is 0 Å². The molecule has 1 aliphatic rings. The van der Waals surface area contributed by atoms with Gasteiger partial charge in [0.1, 0.15) is 0 Å². The maximum Gasteiger partial charge on any atom is 0.0366 e. The largest absolute Gasteiger partial charge is 0.370 e. The lowest BCUT2D eigenvalue weighted by Crippen LogP contribution is -2.53. The van der Waals surface area contributed by atoms with Crippen LogP contribution in [0, 0.1) is 5.41 Å². The number of anilines is 1. The highest BCUT2D eigenvalue weighted by atomic mass is 15.2. The normalized spacial score (nSPS) is 17.9. The first-order valence-corrected chi connectivity index (χ1v) is 6.65. The lowest BCUT2D eigenvalue weighted by Gasteiger charge is -2.47. The molecule has 0 spiro atoms. The molecule has 2 rings (SSSR count). The predicted octanol–water partition coefficient (Wildman–Crippen LogP) is 3.03. The van der Waals surface area contributed by atoms with Crippen molar-refractivity contribution >= 4 is 5.69 Å². The Morgan fingerprint density at radius 1 is 1.18 bits per heavy atom. The Morgan fingerprint density at radius 2 is 1.82 bits per heavy atom. The van der Waals surface area contributed by atoms with E-state index in [0.717, 1.165) is 13.1 Å². The van der Waals surface area contributed by atoms with Crippen molar-refractivity contribution in [3.05, 3.63) is 29.8 Å². The molecular formula is C15H24N2. The smallest absolute Gasteiger partial charge is 0.0366 e. The van der Waals surface area contributed by atoms with Crippen molar-refractivity contribution in [1.82, 2.24) is 5.32 Å². The maximum atomic E-state index is 3.43. The maximum absolute atomic E-state index is 3.43. The number of nitrogens with one attached hydrogen (secondary N) is 1. The Bertz CT molecular complexity index is 346. The third kappa shape index (κ3) is 3.22. The highest BCUT2D eigenvalue weighted by Crippen LogP contribution is 2.33. The molecule has 0 radical (unpaired) electrons. The van der Waals surface area contributed by atoms with Gasteiger partial charge in [0.25, 0.3) is 0 Å². The zero-order chi connectivity index (χ0) is 12.3. The van der Waals surface area contributed by atoms with Crippen LogP contribution in [-0.2, 0) is 6.54 Å². The number of hydrogen-bond acceptors (Lipinski definition) is 2. The number of benzene rings is 1. The van der Waals surface area contributed by atoms with Crippen molar-refractivity contribution in [2.75, 3.05) is 24.5 Å². The van der Waals surface area contributed by atoms with Crippen molar-refractivity contribution in [2.45, 2.75) is 33.7 Å². The monoisotopic (exact) mass is 232 g/mol. The van der Waals surface area contributed by atoms with Gasteiger partial charge in [-0.05, 0) is 36.1 Å².